The zero-order valence-corrected chi connectivity index (χ0v) is 4.84. The van der Waals surface area contributed by atoms with Crippen molar-refractivity contribution in [1.29, 1.82) is 0 Å². The van der Waals surface area contributed by atoms with E-state index in [9.17, 15) is 4.79 Å². The molecule has 1 aliphatic heterocycles. The van der Waals surface area contributed by atoms with Gasteiger partial charge in [-0.15, -0.1) is 0 Å². The molecular weight excluding hydrogens is 108 g/mol. The molecule has 0 aromatic rings. The van der Waals surface area contributed by atoms with E-state index in [0.29, 0.717) is 0 Å². The molecule has 0 aromatic heterocycles. The molecule has 0 amide bonds. The fourth-order valence-corrected chi connectivity index (χ4v) is 0.557. The lowest BCUT2D eigenvalue weighted by Gasteiger charge is -1.92. The molecule has 1 aliphatic rings. The maximum absolute atomic E-state index is 10.2. The predicted molar refractivity (Wildman–Crippen MR) is 26.6 cm³/mol. The second-order valence-electron chi connectivity index (χ2n) is 2.17. The normalized spacial score (nSPS) is 44.0. The van der Waals surface area contributed by atoms with Crippen LogP contribution in [0.25, 0.3) is 0 Å². The van der Waals surface area contributed by atoms with Crippen molar-refractivity contribution >= 4 is 5.97 Å². The molecule has 0 aliphatic carbocycles. The van der Waals surface area contributed by atoms with Crippen LogP contribution in [0.5, 0.6) is 0 Å². The molecule has 8 heavy (non-hydrogen) atoms. The van der Waals surface area contributed by atoms with Crippen LogP contribution in [0.1, 0.15) is 13.8 Å². The van der Waals surface area contributed by atoms with E-state index >= 15 is 0 Å². The van der Waals surface area contributed by atoms with Crippen molar-refractivity contribution in [3.63, 3.8) is 0 Å². The first-order valence-corrected chi connectivity index (χ1v) is 2.48. The predicted octanol–water partition coefficient (Wildman–Crippen LogP) is 0.248. The summed E-state index contributed by atoms with van der Waals surface area (Å²) < 4.78 is 4.77. The third-order valence-electron chi connectivity index (χ3n) is 1.56. The van der Waals surface area contributed by atoms with Crippen LogP contribution in [0.15, 0.2) is 0 Å². The second-order valence-corrected chi connectivity index (χ2v) is 2.17. The first-order valence-electron chi connectivity index (χ1n) is 2.48. The molecule has 0 bridgehead atoms. The average Bonchev–Trinajstić information content (AvgIpc) is 2.17. The van der Waals surface area contributed by atoms with Crippen LogP contribution in [0.2, 0.25) is 0 Å². The topological polar surface area (TPSA) is 49.8 Å². The maximum Gasteiger partial charge on any atom is 0.338 e. The van der Waals surface area contributed by atoms with E-state index in [4.69, 9.17) is 9.84 Å². The van der Waals surface area contributed by atoms with Crippen molar-refractivity contribution in [2.75, 3.05) is 0 Å². The van der Waals surface area contributed by atoms with E-state index in [0.717, 1.165) is 0 Å². The van der Waals surface area contributed by atoms with Crippen LogP contribution >= 0.6 is 0 Å². The largest absolute Gasteiger partial charge is 0.479 e. The number of carbonyl (C=O) groups is 1. The van der Waals surface area contributed by atoms with Gasteiger partial charge in [-0.3, -0.25) is 0 Å². The van der Waals surface area contributed by atoms with E-state index in [2.05, 4.69) is 0 Å². The van der Waals surface area contributed by atoms with Gasteiger partial charge in [-0.05, 0) is 13.8 Å². The van der Waals surface area contributed by atoms with Gasteiger partial charge < -0.3 is 9.84 Å². The summed E-state index contributed by atoms with van der Waals surface area (Å²) in [4.78, 5) is 10.2. The lowest BCUT2D eigenvalue weighted by atomic mass is 10.1. The van der Waals surface area contributed by atoms with Crippen molar-refractivity contribution in [2.24, 2.45) is 0 Å². The Morgan fingerprint density at radius 3 is 2.25 bits per heavy atom. The van der Waals surface area contributed by atoms with E-state index in [1.807, 2.05) is 0 Å². The summed E-state index contributed by atoms with van der Waals surface area (Å²) in [7, 11) is 0. The van der Waals surface area contributed by atoms with Gasteiger partial charge in [-0.25, -0.2) is 4.79 Å². The van der Waals surface area contributed by atoms with Gasteiger partial charge in [-0.2, -0.15) is 0 Å². The van der Waals surface area contributed by atoms with E-state index in [-0.39, 0.29) is 6.10 Å². The molecule has 0 aromatic carbocycles. The molecule has 1 saturated heterocycles. The molecule has 3 nitrogen and oxygen atoms in total. The first-order chi connectivity index (χ1) is 3.57. The monoisotopic (exact) mass is 116 g/mol. The van der Waals surface area contributed by atoms with Crippen LogP contribution in [0.4, 0.5) is 0 Å². The van der Waals surface area contributed by atoms with Gasteiger partial charge in [0.25, 0.3) is 0 Å². The summed E-state index contributed by atoms with van der Waals surface area (Å²) in [5, 5.41) is 8.36. The molecule has 3 heteroatoms. The minimum atomic E-state index is -0.875. The zero-order valence-electron chi connectivity index (χ0n) is 4.84. The van der Waals surface area contributed by atoms with Crippen LogP contribution in [-0.2, 0) is 9.53 Å². The van der Waals surface area contributed by atoms with Crippen LogP contribution < -0.4 is 0 Å². The van der Waals surface area contributed by atoms with Crippen LogP contribution in [0.3, 0.4) is 0 Å². The van der Waals surface area contributed by atoms with Crippen molar-refractivity contribution in [3.8, 4) is 0 Å². The van der Waals surface area contributed by atoms with Gasteiger partial charge >= 0.3 is 5.97 Å². The summed E-state index contributed by atoms with van der Waals surface area (Å²) in [6.07, 6.45) is -0.111. The Bertz CT molecular complexity index is 132. The van der Waals surface area contributed by atoms with Gasteiger partial charge in [0.05, 0.1) is 6.10 Å². The molecular formula is C5H8O3. The molecule has 0 spiro atoms. The quantitative estimate of drug-likeness (QED) is 0.499. The third-order valence-corrected chi connectivity index (χ3v) is 1.56. The van der Waals surface area contributed by atoms with Crippen LogP contribution in [0, 0.1) is 0 Å². The molecule has 0 saturated carbocycles. The fourth-order valence-electron chi connectivity index (χ4n) is 0.557. The Kier molecular flexibility index (Phi) is 0.854. The molecule has 46 valence electrons. The van der Waals surface area contributed by atoms with Crippen molar-refractivity contribution < 1.29 is 14.6 Å². The zero-order chi connectivity index (χ0) is 6.36. The van der Waals surface area contributed by atoms with E-state index in [1.54, 1.807) is 13.8 Å². The Hall–Kier alpha value is -0.570. The molecule has 2 atom stereocenters. The lowest BCUT2D eigenvalue weighted by Crippen LogP contribution is -2.21. The number of carboxylic acid groups (broad SMARTS) is 1. The minimum absolute atomic E-state index is 0.111. The SMILES string of the molecule is C[C@H]1O[C@]1(C)C(=O)O. The Balaban J connectivity index is 2.60. The third kappa shape index (κ3) is 0.512. The summed E-state index contributed by atoms with van der Waals surface area (Å²) in [6.45, 7) is 3.31. The minimum Gasteiger partial charge on any atom is -0.479 e. The highest BCUT2D eigenvalue weighted by Crippen LogP contribution is 2.35. The molecule has 0 unspecified atom stereocenters. The average molecular weight is 116 g/mol. The Labute approximate surface area is 47.3 Å². The highest BCUT2D eigenvalue weighted by atomic mass is 16.6. The van der Waals surface area contributed by atoms with Crippen molar-refractivity contribution in [1.82, 2.24) is 0 Å². The second kappa shape index (κ2) is 1.23. The van der Waals surface area contributed by atoms with Gasteiger partial charge in [0.1, 0.15) is 0 Å². The lowest BCUT2D eigenvalue weighted by molar-refractivity contribution is -0.142. The number of epoxide rings is 1. The van der Waals surface area contributed by atoms with Gasteiger partial charge in [0.15, 0.2) is 5.60 Å². The smallest absolute Gasteiger partial charge is 0.338 e. The number of hydrogen-bond donors (Lipinski definition) is 1. The number of aliphatic carboxylic acids is 1. The van der Waals surface area contributed by atoms with Gasteiger partial charge in [0.2, 0.25) is 0 Å². The molecule has 0 radical (unpaired) electrons. The number of hydrogen-bond acceptors (Lipinski definition) is 2. The van der Waals surface area contributed by atoms with E-state index < -0.39 is 11.6 Å². The molecule has 1 heterocycles. The first kappa shape index (κ1) is 5.56. The fraction of sp³-hybridized carbons (Fsp3) is 0.800. The van der Waals surface area contributed by atoms with Crippen molar-refractivity contribution in [3.05, 3.63) is 0 Å². The van der Waals surface area contributed by atoms with Gasteiger partial charge in [0, 0.05) is 0 Å². The molecule has 1 N–H and O–H groups in total. The summed E-state index contributed by atoms with van der Waals surface area (Å²) in [6, 6.07) is 0. The highest BCUT2D eigenvalue weighted by Gasteiger charge is 2.56. The molecule has 1 fully saturated rings. The van der Waals surface area contributed by atoms with E-state index in [1.165, 1.54) is 0 Å². The van der Waals surface area contributed by atoms with Gasteiger partial charge in [-0.1, -0.05) is 0 Å². The standard InChI is InChI=1S/C5H8O3/c1-3-5(2,8-3)4(6)7/h3H,1-2H3,(H,6,7)/t3-,5+/m1/s1. The number of rotatable bonds is 1. The summed E-state index contributed by atoms with van der Waals surface area (Å²) in [5.41, 5.74) is -0.875. The van der Waals surface area contributed by atoms with Crippen molar-refractivity contribution in [2.45, 2.75) is 25.6 Å². The van der Waals surface area contributed by atoms with Crippen LogP contribution in [-0.4, -0.2) is 22.8 Å². The summed E-state index contributed by atoms with van der Waals surface area (Å²) in [5.74, 6) is -0.870. The highest BCUT2D eigenvalue weighted by molar-refractivity contribution is 5.80. The number of ether oxygens (including phenoxy) is 1. The summed E-state index contributed by atoms with van der Waals surface area (Å²) >= 11 is 0. The molecule has 1 rings (SSSR count). The number of carboxylic acids is 1. The maximum atomic E-state index is 10.2. The Morgan fingerprint density at radius 2 is 2.25 bits per heavy atom. The Morgan fingerprint density at radius 1 is 1.88 bits per heavy atom.